The monoisotopic (exact) mass is 452 g/mol. The number of carbonyl (C=O) groups is 1. The average molecular weight is 453 g/mol. The Labute approximate surface area is 189 Å². The van der Waals surface area contributed by atoms with Crippen LogP contribution in [0.25, 0.3) is 11.3 Å². The molecule has 0 spiro atoms. The van der Waals surface area contributed by atoms with Gasteiger partial charge in [-0.1, -0.05) is 23.7 Å². The second-order valence-electron chi connectivity index (χ2n) is 6.98. The van der Waals surface area contributed by atoms with Gasteiger partial charge in [-0.25, -0.2) is 4.98 Å². The maximum atomic E-state index is 12.3. The molecule has 0 atom stereocenters. The first-order valence-corrected chi connectivity index (χ1v) is 11.0. The van der Waals surface area contributed by atoms with Crippen molar-refractivity contribution in [2.75, 3.05) is 12.4 Å². The number of amides is 1. The fourth-order valence-corrected chi connectivity index (χ4v) is 4.08. The molecule has 2 aromatic heterocycles. The van der Waals surface area contributed by atoms with Crippen molar-refractivity contribution < 1.29 is 13.9 Å². The number of hydrogen-bond acceptors (Lipinski definition) is 5. The van der Waals surface area contributed by atoms with E-state index in [0.717, 1.165) is 39.7 Å². The van der Waals surface area contributed by atoms with Crippen LogP contribution in [0.15, 0.2) is 71.3 Å². The van der Waals surface area contributed by atoms with Crippen molar-refractivity contribution in [3.8, 4) is 17.1 Å². The molecule has 5 nitrogen and oxygen atoms in total. The van der Waals surface area contributed by atoms with Crippen LogP contribution >= 0.6 is 22.9 Å². The number of aromatic nitrogens is 1. The normalized spacial score (nSPS) is 10.8. The van der Waals surface area contributed by atoms with Crippen molar-refractivity contribution in [1.82, 2.24) is 4.98 Å². The summed E-state index contributed by atoms with van der Waals surface area (Å²) in [5, 5.41) is 4.16. The molecular weight excluding hydrogens is 432 g/mol. The fourth-order valence-electron chi connectivity index (χ4n) is 3.09. The lowest BCUT2D eigenvalue weighted by Crippen LogP contribution is -2.11. The highest BCUT2D eigenvalue weighted by atomic mass is 35.5. The average Bonchev–Trinajstić information content (AvgIpc) is 3.43. The van der Waals surface area contributed by atoms with Gasteiger partial charge in [0.15, 0.2) is 5.13 Å². The first-order valence-electron chi connectivity index (χ1n) is 9.81. The van der Waals surface area contributed by atoms with Crippen molar-refractivity contribution in [1.29, 1.82) is 0 Å². The lowest BCUT2D eigenvalue weighted by atomic mass is 10.1. The minimum absolute atomic E-state index is 0.0882. The Morgan fingerprint density at radius 3 is 2.61 bits per heavy atom. The van der Waals surface area contributed by atoms with Crippen LogP contribution in [0.5, 0.6) is 5.75 Å². The highest BCUT2D eigenvalue weighted by Gasteiger charge is 2.10. The standard InChI is InChI=1S/C24H21ClN2O3S/c1-29-19-8-2-16(3-9-19)14-21-15-26-24(31-21)27-23(28)13-11-20-10-12-22(30-20)17-4-6-18(25)7-5-17/h2-10,12,15H,11,13-14H2,1H3,(H,26,27,28). The molecule has 31 heavy (non-hydrogen) atoms. The van der Waals surface area contributed by atoms with Crippen LogP contribution in [0.2, 0.25) is 5.02 Å². The van der Waals surface area contributed by atoms with Gasteiger partial charge in [-0.3, -0.25) is 4.79 Å². The predicted molar refractivity (Wildman–Crippen MR) is 124 cm³/mol. The Morgan fingerprint density at radius 2 is 1.87 bits per heavy atom. The van der Waals surface area contributed by atoms with Gasteiger partial charge in [0.2, 0.25) is 5.91 Å². The van der Waals surface area contributed by atoms with Crippen molar-refractivity contribution in [3.63, 3.8) is 0 Å². The fraction of sp³-hybridized carbons (Fsp3) is 0.167. The molecule has 1 N–H and O–H groups in total. The number of methoxy groups -OCH3 is 1. The minimum atomic E-state index is -0.0882. The lowest BCUT2D eigenvalue weighted by molar-refractivity contribution is -0.116. The number of benzene rings is 2. The zero-order valence-electron chi connectivity index (χ0n) is 16.9. The summed E-state index contributed by atoms with van der Waals surface area (Å²) in [5.41, 5.74) is 2.11. The van der Waals surface area contributed by atoms with E-state index in [4.69, 9.17) is 20.8 Å². The maximum absolute atomic E-state index is 12.3. The summed E-state index contributed by atoms with van der Waals surface area (Å²) in [6, 6.07) is 19.2. The number of halogens is 1. The molecular formula is C24H21ClN2O3S. The van der Waals surface area contributed by atoms with Crippen LogP contribution in [-0.2, 0) is 17.6 Å². The summed E-state index contributed by atoms with van der Waals surface area (Å²) < 4.78 is 11.0. The highest BCUT2D eigenvalue weighted by Crippen LogP contribution is 2.25. The first-order chi connectivity index (χ1) is 15.1. The van der Waals surface area contributed by atoms with Gasteiger partial charge in [-0.2, -0.15) is 0 Å². The third-order valence-corrected chi connectivity index (χ3v) is 5.89. The van der Waals surface area contributed by atoms with E-state index >= 15 is 0 Å². The van der Waals surface area contributed by atoms with Gasteiger partial charge < -0.3 is 14.5 Å². The summed E-state index contributed by atoms with van der Waals surface area (Å²) in [7, 11) is 1.65. The summed E-state index contributed by atoms with van der Waals surface area (Å²) in [5.74, 6) is 2.27. The van der Waals surface area contributed by atoms with Gasteiger partial charge in [0.05, 0.1) is 7.11 Å². The number of nitrogens with zero attached hydrogens (tertiary/aromatic N) is 1. The van der Waals surface area contributed by atoms with Crippen LogP contribution in [0.1, 0.15) is 22.6 Å². The Kier molecular flexibility index (Phi) is 6.70. The van der Waals surface area contributed by atoms with Gasteiger partial charge in [-0.15, -0.1) is 11.3 Å². The molecule has 1 amide bonds. The molecule has 0 fully saturated rings. The molecule has 0 aliphatic rings. The van der Waals surface area contributed by atoms with Gasteiger partial charge in [0.1, 0.15) is 17.3 Å². The SMILES string of the molecule is COc1ccc(Cc2cnc(NC(=O)CCc3ccc(-c4ccc(Cl)cc4)o3)s2)cc1. The summed E-state index contributed by atoms with van der Waals surface area (Å²) in [6.07, 6.45) is 3.40. The number of rotatable bonds is 8. The molecule has 4 rings (SSSR count). The second kappa shape index (κ2) is 9.81. The van der Waals surface area contributed by atoms with E-state index < -0.39 is 0 Å². The van der Waals surface area contributed by atoms with Crippen LogP contribution < -0.4 is 10.1 Å². The third kappa shape index (κ3) is 5.75. The van der Waals surface area contributed by atoms with Crippen LogP contribution in [0, 0.1) is 0 Å². The molecule has 0 saturated carbocycles. The summed E-state index contributed by atoms with van der Waals surface area (Å²) in [6.45, 7) is 0. The predicted octanol–water partition coefficient (Wildman–Crippen LogP) is 6.23. The van der Waals surface area contributed by atoms with Crippen molar-refractivity contribution >= 4 is 34.0 Å². The molecule has 0 radical (unpaired) electrons. The smallest absolute Gasteiger partial charge is 0.226 e. The van der Waals surface area contributed by atoms with Gasteiger partial charge >= 0.3 is 0 Å². The number of aryl methyl sites for hydroxylation is 1. The molecule has 0 aliphatic carbocycles. The summed E-state index contributed by atoms with van der Waals surface area (Å²) in [4.78, 5) is 17.7. The number of anilines is 1. The molecule has 2 aromatic carbocycles. The first kappa shape index (κ1) is 21.2. The third-order valence-electron chi connectivity index (χ3n) is 4.73. The van der Waals surface area contributed by atoms with E-state index in [1.165, 1.54) is 11.3 Å². The molecule has 0 aliphatic heterocycles. The molecule has 0 saturated heterocycles. The Bertz CT molecular complexity index is 1150. The van der Waals surface area contributed by atoms with E-state index in [-0.39, 0.29) is 5.91 Å². The molecule has 2 heterocycles. The van der Waals surface area contributed by atoms with Crippen molar-refractivity contribution in [3.05, 3.63) is 88.1 Å². The Balaban J connectivity index is 1.28. The Hall–Kier alpha value is -3.09. The zero-order chi connectivity index (χ0) is 21.6. The Morgan fingerprint density at radius 1 is 1.10 bits per heavy atom. The van der Waals surface area contributed by atoms with Crippen molar-refractivity contribution in [2.24, 2.45) is 0 Å². The molecule has 4 aromatic rings. The number of hydrogen-bond donors (Lipinski definition) is 1. The van der Waals surface area contributed by atoms with E-state index in [9.17, 15) is 4.79 Å². The van der Waals surface area contributed by atoms with Gasteiger partial charge in [0, 0.05) is 40.9 Å². The van der Waals surface area contributed by atoms with Crippen LogP contribution in [0.3, 0.4) is 0 Å². The van der Waals surface area contributed by atoms with Crippen LogP contribution in [-0.4, -0.2) is 18.0 Å². The van der Waals surface area contributed by atoms with E-state index in [1.807, 2.05) is 60.7 Å². The van der Waals surface area contributed by atoms with Gasteiger partial charge in [0.25, 0.3) is 0 Å². The maximum Gasteiger partial charge on any atom is 0.226 e. The van der Waals surface area contributed by atoms with Crippen LogP contribution in [0.4, 0.5) is 5.13 Å². The number of furan rings is 1. The number of carbonyl (C=O) groups excluding carboxylic acids is 1. The van der Waals surface area contributed by atoms with E-state index in [1.54, 1.807) is 13.3 Å². The molecule has 7 heteroatoms. The quantitative estimate of drug-likeness (QED) is 0.344. The highest BCUT2D eigenvalue weighted by molar-refractivity contribution is 7.15. The second-order valence-corrected chi connectivity index (χ2v) is 8.53. The lowest BCUT2D eigenvalue weighted by Gasteiger charge is -2.02. The number of ether oxygens (including phenoxy) is 1. The number of thiazole rings is 1. The van der Waals surface area contributed by atoms with Crippen molar-refractivity contribution in [2.45, 2.75) is 19.3 Å². The minimum Gasteiger partial charge on any atom is -0.497 e. The topological polar surface area (TPSA) is 64.4 Å². The van der Waals surface area contributed by atoms with E-state index in [0.29, 0.717) is 23.0 Å². The number of nitrogens with one attached hydrogen (secondary N) is 1. The summed E-state index contributed by atoms with van der Waals surface area (Å²) >= 11 is 7.41. The van der Waals surface area contributed by atoms with Gasteiger partial charge in [-0.05, 0) is 54.1 Å². The molecule has 158 valence electrons. The molecule has 0 bridgehead atoms. The zero-order valence-corrected chi connectivity index (χ0v) is 18.5. The largest absolute Gasteiger partial charge is 0.497 e. The molecule has 0 unspecified atom stereocenters. The van der Waals surface area contributed by atoms with E-state index in [2.05, 4.69) is 10.3 Å².